The number of hydrogen-bond acceptors (Lipinski definition) is 5. The lowest BCUT2D eigenvalue weighted by atomic mass is 9.70. The Bertz CT molecular complexity index is 810. The van der Waals surface area contributed by atoms with Gasteiger partial charge in [0.25, 0.3) is 11.8 Å². The van der Waals surface area contributed by atoms with Crippen molar-refractivity contribution in [2.24, 2.45) is 5.41 Å². The average Bonchev–Trinajstić information content (AvgIpc) is 2.60. The van der Waals surface area contributed by atoms with Gasteiger partial charge >= 0.3 is 0 Å². The van der Waals surface area contributed by atoms with Crippen LogP contribution in [0.2, 0.25) is 0 Å². The summed E-state index contributed by atoms with van der Waals surface area (Å²) in [6, 6.07) is 7.24. The molecule has 4 amide bonds. The molecule has 0 unspecified atom stereocenters. The van der Waals surface area contributed by atoms with Crippen LogP contribution in [0, 0.1) is 5.41 Å². The Morgan fingerprint density at radius 3 is 2.00 bits per heavy atom. The van der Waals surface area contributed by atoms with Crippen LogP contribution in [0.15, 0.2) is 24.3 Å². The zero-order chi connectivity index (χ0) is 20.7. The number of carbonyl (C=O) groups excluding carboxylic acids is 4. The van der Waals surface area contributed by atoms with Crippen LogP contribution in [0.5, 0.6) is 0 Å². The fraction of sp³-hybridized carbons (Fsp3) is 0.524. The van der Waals surface area contributed by atoms with E-state index in [0.717, 1.165) is 10.5 Å². The number of nitrogens with zero attached hydrogens (tertiary/aromatic N) is 2. The third-order valence-corrected chi connectivity index (χ3v) is 5.42. The molecule has 2 fully saturated rings. The van der Waals surface area contributed by atoms with E-state index in [1.807, 2.05) is 39.8 Å². The van der Waals surface area contributed by atoms with E-state index in [1.165, 1.54) is 4.90 Å². The van der Waals surface area contributed by atoms with Crippen molar-refractivity contribution in [3.05, 3.63) is 29.8 Å². The number of ether oxygens (including phenoxy) is 1. The first-order valence-electron chi connectivity index (χ1n) is 9.42. The number of anilines is 1. The molecule has 7 nitrogen and oxygen atoms in total. The van der Waals surface area contributed by atoms with Gasteiger partial charge in [-0.2, -0.15) is 0 Å². The Kier molecular flexibility index (Phi) is 5.14. The molecule has 0 atom stereocenters. The first-order chi connectivity index (χ1) is 13.0. The van der Waals surface area contributed by atoms with Gasteiger partial charge in [-0.25, -0.2) is 4.90 Å². The molecule has 0 radical (unpaired) electrons. The molecule has 3 rings (SSSR count). The summed E-state index contributed by atoms with van der Waals surface area (Å²) in [5.41, 5.74) is 0.471. The fourth-order valence-electron chi connectivity index (χ4n) is 4.02. The standard InChI is InChI=1S/C21H26N2O5/c1-20(2,13-21(3,4)19(27)22-10-9-16(22)24)14-5-7-15(8-6-14)23-17(25)11-28-12-18(23)26/h5-8H,9-13H2,1-4H3. The average molecular weight is 386 g/mol. The lowest BCUT2D eigenvalue weighted by Gasteiger charge is -2.40. The number of morpholine rings is 1. The van der Waals surface area contributed by atoms with Gasteiger partial charge in [0.05, 0.1) is 5.69 Å². The molecule has 2 heterocycles. The lowest BCUT2D eigenvalue weighted by molar-refractivity contribution is -0.158. The number of hydrogen-bond donors (Lipinski definition) is 0. The van der Waals surface area contributed by atoms with Gasteiger partial charge in [-0.3, -0.25) is 24.1 Å². The zero-order valence-electron chi connectivity index (χ0n) is 16.8. The summed E-state index contributed by atoms with van der Waals surface area (Å²) in [4.78, 5) is 50.8. The fourth-order valence-corrected chi connectivity index (χ4v) is 4.02. The molecule has 0 bridgehead atoms. The highest BCUT2D eigenvalue weighted by Gasteiger charge is 2.42. The van der Waals surface area contributed by atoms with Crippen molar-refractivity contribution < 1.29 is 23.9 Å². The van der Waals surface area contributed by atoms with Gasteiger partial charge in [0, 0.05) is 18.4 Å². The Morgan fingerprint density at radius 2 is 1.54 bits per heavy atom. The molecule has 1 aromatic rings. The van der Waals surface area contributed by atoms with Crippen molar-refractivity contribution in [2.75, 3.05) is 24.7 Å². The molecule has 150 valence electrons. The Morgan fingerprint density at radius 1 is 0.964 bits per heavy atom. The minimum Gasteiger partial charge on any atom is -0.362 e. The van der Waals surface area contributed by atoms with E-state index in [9.17, 15) is 19.2 Å². The van der Waals surface area contributed by atoms with Crippen molar-refractivity contribution >= 4 is 29.3 Å². The molecule has 0 aromatic heterocycles. The van der Waals surface area contributed by atoms with Gasteiger partial charge in [0.1, 0.15) is 13.2 Å². The number of amides is 4. The minimum atomic E-state index is -0.686. The van der Waals surface area contributed by atoms with E-state index in [1.54, 1.807) is 12.1 Å². The van der Waals surface area contributed by atoms with E-state index in [4.69, 9.17) is 4.74 Å². The van der Waals surface area contributed by atoms with Crippen LogP contribution in [-0.4, -0.2) is 48.3 Å². The third-order valence-electron chi connectivity index (χ3n) is 5.42. The van der Waals surface area contributed by atoms with Gasteiger partial charge in [-0.05, 0) is 29.5 Å². The maximum absolute atomic E-state index is 12.7. The van der Waals surface area contributed by atoms with Crippen molar-refractivity contribution in [1.82, 2.24) is 4.90 Å². The smallest absolute Gasteiger partial charge is 0.259 e. The van der Waals surface area contributed by atoms with Gasteiger partial charge in [-0.15, -0.1) is 0 Å². The Balaban J connectivity index is 1.76. The molecule has 2 saturated heterocycles. The Labute approximate surface area is 164 Å². The molecule has 2 aliphatic rings. The second kappa shape index (κ2) is 7.13. The highest BCUT2D eigenvalue weighted by Crippen LogP contribution is 2.39. The van der Waals surface area contributed by atoms with Gasteiger partial charge < -0.3 is 4.74 Å². The number of likely N-dealkylation sites (tertiary alicyclic amines) is 1. The number of benzene rings is 1. The summed E-state index contributed by atoms with van der Waals surface area (Å²) in [5.74, 6) is -1.01. The topological polar surface area (TPSA) is 84.0 Å². The zero-order valence-corrected chi connectivity index (χ0v) is 16.8. The van der Waals surface area contributed by atoms with Crippen molar-refractivity contribution in [2.45, 2.75) is 46.0 Å². The van der Waals surface area contributed by atoms with E-state index in [-0.39, 0.29) is 42.3 Å². The van der Waals surface area contributed by atoms with E-state index in [2.05, 4.69) is 0 Å². The largest absolute Gasteiger partial charge is 0.362 e. The van der Waals surface area contributed by atoms with Crippen LogP contribution in [0.4, 0.5) is 5.69 Å². The number of carbonyl (C=O) groups is 4. The summed E-state index contributed by atoms with van der Waals surface area (Å²) in [6.45, 7) is 8.09. The predicted molar refractivity (Wildman–Crippen MR) is 103 cm³/mol. The molecule has 1 aromatic carbocycles. The monoisotopic (exact) mass is 386 g/mol. The molecule has 0 saturated carbocycles. The molecular weight excluding hydrogens is 360 g/mol. The van der Waals surface area contributed by atoms with Crippen LogP contribution < -0.4 is 4.90 Å². The maximum atomic E-state index is 12.7. The first kappa shape index (κ1) is 20.2. The molecule has 2 aliphatic heterocycles. The maximum Gasteiger partial charge on any atom is 0.259 e. The van der Waals surface area contributed by atoms with E-state index < -0.39 is 5.41 Å². The Hall–Kier alpha value is -2.54. The van der Waals surface area contributed by atoms with Crippen LogP contribution in [0.3, 0.4) is 0 Å². The van der Waals surface area contributed by atoms with E-state index in [0.29, 0.717) is 25.1 Å². The summed E-state index contributed by atoms with van der Waals surface area (Å²) in [5, 5.41) is 0. The quantitative estimate of drug-likeness (QED) is 0.571. The van der Waals surface area contributed by atoms with E-state index >= 15 is 0 Å². The highest BCUT2D eigenvalue weighted by molar-refractivity contribution is 6.17. The molecule has 7 heteroatoms. The van der Waals surface area contributed by atoms with Crippen molar-refractivity contribution in [1.29, 1.82) is 0 Å². The molecule has 0 aliphatic carbocycles. The third kappa shape index (κ3) is 3.71. The molecule has 0 spiro atoms. The first-order valence-corrected chi connectivity index (χ1v) is 9.42. The van der Waals surface area contributed by atoms with Gasteiger partial charge in [0.15, 0.2) is 0 Å². The number of rotatable bonds is 5. The number of β-lactam (4-membered cyclic amide) rings is 1. The van der Waals surface area contributed by atoms with Gasteiger partial charge in [0.2, 0.25) is 11.8 Å². The second-order valence-corrected chi connectivity index (χ2v) is 8.71. The van der Waals surface area contributed by atoms with Crippen LogP contribution in [0.1, 0.15) is 46.1 Å². The van der Waals surface area contributed by atoms with Gasteiger partial charge in [-0.1, -0.05) is 39.8 Å². The van der Waals surface area contributed by atoms with Crippen LogP contribution in [-0.2, 0) is 29.3 Å². The molecule has 0 N–H and O–H groups in total. The molecule has 28 heavy (non-hydrogen) atoms. The number of imide groups is 2. The highest BCUT2D eigenvalue weighted by atomic mass is 16.5. The minimum absolute atomic E-state index is 0.107. The SMILES string of the molecule is CC(C)(CC(C)(C)c1ccc(N2C(=O)COCC2=O)cc1)C(=O)N1CCC1=O. The van der Waals surface area contributed by atoms with Crippen LogP contribution >= 0.6 is 0 Å². The summed E-state index contributed by atoms with van der Waals surface area (Å²) in [6.07, 6.45) is 0.989. The summed E-state index contributed by atoms with van der Waals surface area (Å²) < 4.78 is 4.94. The van der Waals surface area contributed by atoms with Crippen LogP contribution in [0.25, 0.3) is 0 Å². The summed E-state index contributed by atoms with van der Waals surface area (Å²) >= 11 is 0. The lowest BCUT2D eigenvalue weighted by Crippen LogP contribution is -2.53. The summed E-state index contributed by atoms with van der Waals surface area (Å²) in [7, 11) is 0. The second-order valence-electron chi connectivity index (χ2n) is 8.71. The van der Waals surface area contributed by atoms with Crippen molar-refractivity contribution in [3.8, 4) is 0 Å². The van der Waals surface area contributed by atoms with Crippen molar-refractivity contribution in [3.63, 3.8) is 0 Å². The normalized spacial score (nSPS) is 18.4. The predicted octanol–water partition coefficient (Wildman–Crippen LogP) is 2.03. The molecular formula is C21H26N2O5.